The monoisotopic (exact) mass is 520 g/mol. The van der Waals surface area contributed by atoms with Crippen LogP contribution in [0.15, 0.2) is 47.7 Å². The highest BCUT2D eigenvalue weighted by atomic mass is 127. The summed E-state index contributed by atoms with van der Waals surface area (Å²) in [5.41, 5.74) is 2.26. The number of benzene rings is 1. The molecule has 2 aromatic rings. The Morgan fingerprint density at radius 3 is 2.46 bits per heavy atom. The van der Waals surface area contributed by atoms with Gasteiger partial charge in [0.2, 0.25) is 10.0 Å². The molecular weight excluding hydrogens is 491 g/mol. The third-order valence-corrected chi connectivity index (χ3v) is 5.39. The molecule has 0 aliphatic carbocycles. The molecule has 1 aromatic carbocycles. The summed E-state index contributed by atoms with van der Waals surface area (Å²) in [7, 11) is -1.40. The van der Waals surface area contributed by atoms with E-state index < -0.39 is 10.0 Å². The van der Waals surface area contributed by atoms with Crippen molar-refractivity contribution in [1.82, 2.24) is 25.1 Å². The van der Waals surface area contributed by atoms with Crippen molar-refractivity contribution in [3.8, 4) is 5.69 Å². The highest BCUT2D eigenvalue weighted by Crippen LogP contribution is 2.08. The van der Waals surface area contributed by atoms with Crippen LogP contribution < -0.4 is 15.4 Å². The third kappa shape index (κ3) is 8.57. The fraction of sp³-hybridized carbons (Fsp3) is 0.444. The number of aromatic nitrogens is 2. The van der Waals surface area contributed by atoms with E-state index in [-0.39, 0.29) is 29.7 Å². The SMILES string of the molecule is CCS(=O)(=O)NCCCNC(=NC)NCCc1ccc(-n2cccn2)cc1.I. The molecule has 1 heterocycles. The molecule has 0 amide bonds. The van der Waals surface area contributed by atoms with Crippen LogP contribution in [0.4, 0.5) is 0 Å². The molecule has 0 spiro atoms. The third-order valence-electron chi connectivity index (χ3n) is 3.98. The highest BCUT2D eigenvalue weighted by molar-refractivity contribution is 14.0. The Morgan fingerprint density at radius 1 is 1.14 bits per heavy atom. The number of aliphatic imine (C=N–C) groups is 1. The molecule has 0 saturated heterocycles. The number of rotatable bonds is 10. The molecule has 2 rings (SSSR count). The van der Waals surface area contributed by atoms with Gasteiger partial charge in [0.15, 0.2) is 5.96 Å². The number of guanidine groups is 1. The maximum atomic E-state index is 11.3. The van der Waals surface area contributed by atoms with Crippen LogP contribution in [0.2, 0.25) is 0 Å². The van der Waals surface area contributed by atoms with E-state index >= 15 is 0 Å². The topological polar surface area (TPSA) is 100 Å². The maximum Gasteiger partial charge on any atom is 0.211 e. The summed E-state index contributed by atoms with van der Waals surface area (Å²) in [6, 6.07) is 10.2. The molecule has 0 unspecified atom stereocenters. The average molecular weight is 520 g/mol. The Balaban J connectivity index is 0.00000392. The van der Waals surface area contributed by atoms with Crippen LogP contribution in [0.3, 0.4) is 0 Å². The fourth-order valence-corrected chi connectivity index (χ4v) is 3.07. The lowest BCUT2D eigenvalue weighted by Crippen LogP contribution is -2.39. The molecule has 0 bridgehead atoms. The van der Waals surface area contributed by atoms with Crippen molar-refractivity contribution in [2.75, 3.05) is 32.4 Å². The van der Waals surface area contributed by atoms with Gasteiger partial charge < -0.3 is 10.6 Å². The van der Waals surface area contributed by atoms with Gasteiger partial charge in [0.25, 0.3) is 0 Å². The summed E-state index contributed by atoms with van der Waals surface area (Å²) in [5.74, 6) is 0.813. The van der Waals surface area contributed by atoms with E-state index in [1.807, 2.05) is 29.1 Å². The van der Waals surface area contributed by atoms with Crippen LogP contribution in [-0.2, 0) is 16.4 Å². The zero-order chi connectivity index (χ0) is 19.5. The predicted octanol–water partition coefficient (Wildman–Crippen LogP) is 1.53. The molecule has 0 atom stereocenters. The fourth-order valence-electron chi connectivity index (χ4n) is 2.41. The van der Waals surface area contributed by atoms with Crippen LogP contribution in [0.5, 0.6) is 0 Å². The lowest BCUT2D eigenvalue weighted by molar-refractivity contribution is 0.579. The lowest BCUT2D eigenvalue weighted by Gasteiger charge is -2.12. The van der Waals surface area contributed by atoms with E-state index in [9.17, 15) is 8.42 Å². The van der Waals surface area contributed by atoms with Gasteiger partial charge in [-0.25, -0.2) is 17.8 Å². The summed E-state index contributed by atoms with van der Waals surface area (Å²) in [6.45, 7) is 3.44. The Morgan fingerprint density at radius 2 is 1.86 bits per heavy atom. The molecule has 28 heavy (non-hydrogen) atoms. The molecule has 156 valence electrons. The second kappa shape index (κ2) is 12.7. The largest absolute Gasteiger partial charge is 0.356 e. The molecule has 0 saturated carbocycles. The lowest BCUT2D eigenvalue weighted by atomic mass is 10.1. The number of nitrogens with one attached hydrogen (secondary N) is 3. The van der Waals surface area contributed by atoms with Crippen LogP contribution in [0, 0.1) is 0 Å². The van der Waals surface area contributed by atoms with Gasteiger partial charge in [0, 0.05) is 39.1 Å². The zero-order valence-corrected chi connectivity index (χ0v) is 19.4. The molecule has 3 N–H and O–H groups in total. The molecule has 0 radical (unpaired) electrons. The van der Waals surface area contributed by atoms with Crippen LogP contribution in [0.1, 0.15) is 18.9 Å². The molecular formula is C18H29IN6O2S. The van der Waals surface area contributed by atoms with E-state index in [1.165, 1.54) is 5.56 Å². The number of nitrogens with zero attached hydrogens (tertiary/aromatic N) is 3. The summed E-state index contributed by atoms with van der Waals surface area (Å²) in [5, 5.41) is 10.7. The van der Waals surface area contributed by atoms with Crippen LogP contribution in [0.25, 0.3) is 5.69 Å². The minimum absolute atomic E-state index is 0. The van der Waals surface area contributed by atoms with Gasteiger partial charge in [-0.05, 0) is 43.5 Å². The van der Waals surface area contributed by atoms with Gasteiger partial charge in [0.05, 0.1) is 11.4 Å². The van der Waals surface area contributed by atoms with E-state index in [2.05, 4.69) is 37.6 Å². The highest BCUT2D eigenvalue weighted by Gasteiger charge is 2.04. The Kier molecular flexibility index (Phi) is 11.1. The van der Waals surface area contributed by atoms with Crippen molar-refractivity contribution in [1.29, 1.82) is 0 Å². The summed E-state index contributed by atoms with van der Waals surface area (Å²) in [6.07, 6.45) is 5.24. The van der Waals surface area contributed by atoms with E-state index in [0.29, 0.717) is 25.5 Å². The maximum absolute atomic E-state index is 11.3. The molecule has 10 heteroatoms. The smallest absolute Gasteiger partial charge is 0.211 e. The first-order chi connectivity index (χ1) is 13.0. The van der Waals surface area contributed by atoms with Gasteiger partial charge in [-0.15, -0.1) is 24.0 Å². The van der Waals surface area contributed by atoms with Crippen molar-refractivity contribution < 1.29 is 8.42 Å². The quantitative estimate of drug-likeness (QED) is 0.191. The summed E-state index contributed by atoms with van der Waals surface area (Å²) in [4.78, 5) is 4.17. The van der Waals surface area contributed by atoms with Crippen molar-refractivity contribution in [2.24, 2.45) is 4.99 Å². The van der Waals surface area contributed by atoms with E-state index in [4.69, 9.17) is 0 Å². The Labute approximate surface area is 184 Å². The van der Waals surface area contributed by atoms with E-state index in [1.54, 1.807) is 20.2 Å². The molecule has 0 aliphatic heterocycles. The van der Waals surface area contributed by atoms with Crippen molar-refractivity contribution in [3.05, 3.63) is 48.3 Å². The summed E-state index contributed by atoms with van der Waals surface area (Å²) < 4.78 is 27.1. The standard InChI is InChI=1S/C18H28N6O2S.HI/c1-3-27(25,26)23-13-4-11-20-18(19-2)21-14-10-16-6-8-17(9-7-16)24-15-5-12-22-24;/h5-9,12,15,23H,3-4,10-11,13-14H2,1-2H3,(H2,19,20,21);1H. The Bertz CT molecular complexity index is 807. The number of hydrogen-bond acceptors (Lipinski definition) is 4. The number of sulfonamides is 1. The molecule has 8 nitrogen and oxygen atoms in total. The number of hydrogen-bond donors (Lipinski definition) is 3. The first-order valence-electron chi connectivity index (χ1n) is 9.05. The molecule has 0 aliphatic rings. The van der Waals surface area contributed by atoms with E-state index in [0.717, 1.165) is 18.7 Å². The van der Waals surface area contributed by atoms with Gasteiger partial charge in [-0.3, -0.25) is 4.99 Å². The molecule has 1 aromatic heterocycles. The Hall–Kier alpha value is -1.66. The van der Waals surface area contributed by atoms with Gasteiger partial charge >= 0.3 is 0 Å². The second-order valence-corrected chi connectivity index (χ2v) is 8.04. The first kappa shape index (κ1) is 24.4. The van der Waals surface area contributed by atoms with Gasteiger partial charge in [-0.2, -0.15) is 5.10 Å². The van der Waals surface area contributed by atoms with Crippen molar-refractivity contribution in [2.45, 2.75) is 19.8 Å². The summed E-state index contributed by atoms with van der Waals surface area (Å²) >= 11 is 0. The van der Waals surface area contributed by atoms with Crippen molar-refractivity contribution in [3.63, 3.8) is 0 Å². The first-order valence-corrected chi connectivity index (χ1v) is 10.7. The predicted molar refractivity (Wildman–Crippen MR) is 124 cm³/mol. The van der Waals surface area contributed by atoms with Gasteiger partial charge in [0.1, 0.15) is 0 Å². The normalized spacial score (nSPS) is 11.7. The van der Waals surface area contributed by atoms with Crippen LogP contribution in [-0.4, -0.2) is 56.6 Å². The second-order valence-electron chi connectivity index (χ2n) is 5.94. The molecule has 0 fully saturated rings. The van der Waals surface area contributed by atoms with Gasteiger partial charge in [-0.1, -0.05) is 12.1 Å². The van der Waals surface area contributed by atoms with Crippen molar-refractivity contribution >= 4 is 40.0 Å². The minimum Gasteiger partial charge on any atom is -0.356 e. The number of halogens is 1. The zero-order valence-electron chi connectivity index (χ0n) is 16.3. The van der Waals surface area contributed by atoms with Crippen LogP contribution >= 0.6 is 24.0 Å². The average Bonchev–Trinajstić information content (AvgIpc) is 3.21. The minimum atomic E-state index is -3.12.